The number of benzene rings is 1. The molecule has 0 spiro atoms. The molecule has 24 heavy (non-hydrogen) atoms. The van der Waals surface area contributed by atoms with Crippen LogP contribution in [0.2, 0.25) is 0 Å². The maximum atomic E-state index is 12.9. The van der Waals surface area contributed by atoms with E-state index in [1.54, 1.807) is 25.2 Å². The van der Waals surface area contributed by atoms with Crippen molar-refractivity contribution < 1.29 is 13.2 Å². The summed E-state index contributed by atoms with van der Waals surface area (Å²) in [6.07, 6.45) is 5.96. The normalized spacial score (nSPS) is 17.7. The number of nitrogens with one attached hydrogen (secondary N) is 1. The molecule has 1 saturated carbocycles. The van der Waals surface area contributed by atoms with Crippen molar-refractivity contribution in [1.29, 1.82) is 0 Å². The van der Waals surface area contributed by atoms with E-state index >= 15 is 0 Å². The Morgan fingerprint density at radius 3 is 2.58 bits per heavy atom. The van der Waals surface area contributed by atoms with E-state index < -0.39 is 10.0 Å². The molecule has 1 aliphatic rings. The van der Waals surface area contributed by atoms with Gasteiger partial charge in [0.15, 0.2) is 0 Å². The minimum Gasteiger partial charge on any atom is -0.350 e. The molecule has 6 heteroatoms. The van der Waals surface area contributed by atoms with Crippen molar-refractivity contribution in [3.63, 3.8) is 0 Å². The monoisotopic (exact) mass is 352 g/mol. The van der Waals surface area contributed by atoms with Crippen LogP contribution in [0.1, 0.15) is 62.7 Å². The van der Waals surface area contributed by atoms with Gasteiger partial charge in [0.2, 0.25) is 10.0 Å². The summed E-state index contributed by atoms with van der Waals surface area (Å²) in [4.78, 5) is 12.4. The summed E-state index contributed by atoms with van der Waals surface area (Å²) in [6, 6.07) is 6.44. The molecule has 0 aliphatic heterocycles. The maximum Gasteiger partial charge on any atom is 0.251 e. The lowest BCUT2D eigenvalue weighted by atomic mass is 9.96. The molecule has 1 atom stereocenters. The molecule has 0 bridgehead atoms. The Labute approximate surface area is 145 Å². The third-order valence-corrected chi connectivity index (χ3v) is 6.76. The molecule has 0 radical (unpaired) electrons. The summed E-state index contributed by atoms with van der Waals surface area (Å²) in [5.74, 6) is -0.235. The molecule has 1 fully saturated rings. The molecular formula is C18H28N2O3S. The zero-order valence-electron chi connectivity index (χ0n) is 14.8. The second kappa shape index (κ2) is 8.12. The Balaban J connectivity index is 2.21. The van der Waals surface area contributed by atoms with Gasteiger partial charge in [-0.15, -0.1) is 0 Å². The number of sulfonamides is 1. The third kappa shape index (κ3) is 4.36. The van der Waals surface area contributed by atoms with Crippen LogP contribution in [0.3, 0.4) is 0 Å². The Bertz CT molecular complexity index is 667. The van der Waals surface area contributed by atoms with Crippen LogP contribution in [-0.4, -0.2) is 37.8 Å². The zero-order chi connectivity index (χ0) is 17.7. The molecule has 1 amide bonds. The Morgan fingerprint density at radius 1 is 1.29 bits per heavy atom. The lowest BCUT2D eigenvalue weighted by Crippen LogP contribution is -2.38. The van der Waals surface area contributed by atoms with Crippen molar-refractivity contribution in [2.75, 3.05) is 7.05 Å². The number of carbonyl (C=O) groups is 1. The summed E-state index contributed by atoms with van der Waals surface area (Å²) in [7, 11) is -1.93. The van der Waals surface area contributed by atoms with Gasteiger partial charge in [0.05, 0.1) is 4.90 Å². The molecule has 1 aromatic carbocycles. The Hall–Kier alpha value is -1.40. The first kappa shape index (κ1) is 18.9. The molecule has 1 aromatic rings. The first-order valence-electron chi connectivity index (χ1n) is 8.75. The van der Waals surface area contributed by atoms with Crippen LogP contribution in [0.4, 0.5) is 0 Å². The van der Waals surface area contributed by atoms with Crippen LogP contribution >= 0.6 is 0 Å². The fraction of sp³-hybridized carbons (Fsp3) is 0.611. The second-order valence-corrected chi connectivity index (χ2v) is 8.62. The molecular weight excluding hydrogens is 324 g/mol. The summed E-state index contributed by atoms with van der Waals surface area (Å²) < 4.78 is 27.2. The summed E-state index contributed by atoms with van der Waals surface area (Å²) in [5.41, 5.74) is 0.383. The fourth-order valence-corrected chi connectivity index (χ4v) is 4.48. The van der Waals surface area contributed by atoms with Gasteiger partial charge in [-0.1, -0.05) is 32.3 Å². The number of hydrogen-bond donors (Lipinski definition) is 1. The minimum absolute atomic E-state index is 0.0568. The number of carbonyl (C=O) groups excluding carboxylic acids is 1. The van der Waals surface area contributed by atoms with E-state index in [1.807, 2.05) is 13.8 Å². The van der Waals surface area contributed by atoms with Gasteiger partial charge in [0.25, 0.3) is 5.91 Å². The summed E-state index contributed by atoms with van der Waals surface area (Å²) in [6.45, 7) is 3.92. The first-order valence-corrected chi connectivity index (χ1v) is 10.2. The summed E-state index contributed by atoms with van der Waals surface area (Å²) in [5, 5.41) is 2.87. The maximum absolute atomic E-state index is 12.9. The van der Waals surface area contributed by atoms with Gasteiger partial charge >= 0.3 is 0 Å². The van der Waals surface area contributed by atoms with Gasteiger partial charge in [0.1, 0.15) is 0 Å². The van der Waals surface area contributed by atoms with Crippen molar-refractivity contribution in [2.24, 2.45) is 0 Å². The van der Waals surface area contributed by atoms with Crippen LogP contribution in [0, 0.1) is 0 Å². The second-order valence-electron chi connectivity index (χ2n) is 6.62. The third-order valence-electron chi connectivity index (χ3n) is 4.85. The van der Waals surface area contributed by atoms with Gasteiger partial charge in [-0.2, -0.15) is 4.31 Å². The van der Waals surface area contributed by atoms with Gasteiger partial charge in [0, 0.05) is 24.7 Å². The van der Waals surface area contributed by atoms with Crippen molar-refractivity contribution in [3.8, 4) is 0 Å². The van der Waals surface area contributed by atoms with Crippen molar-refractivity contribution in [1.82, 2.24) is 9.62 Å². The highest BCUT2D eigenvalue weighted by molar-refractivity contribution is 7.89. The number of amides is 1. The van der Waals surface area contributed by atoms with E-state index in [1.165, 1.54) is 16.8 Å². The van der Waals surface area contributed by atoms with E-state index in [4.69, 9.17) is 0 Å². The average Bonchev–Trinajstić information content (AvgIpc) is 2.61. The van der Waals surface area contributed by atoms with E-state index in [0.717, 1.165) is 32.1 Å². The molecule has 1 aliphatic carbocycles. The van der Waals surface area contributed by atoms with Crippen LogP contribution in [0.5, 0.6) is 0 Å². The topological polar surface area (TPSA) is 66.5 Å². The highest BCUT2D eigenvalue weighted by Crippen LogP contribution is 2.26. The molecule has 1 unspecified atom stereocenters. The quantitative estimate of drug-likeness (QED) is 0.855. The van der Waals surface area contributed by atoms with Gasteiger partial charge < -0.3 is 5.32 Å². The largest absolute Gasteiger partial charge is 0.350 e. The SMILES string of the molecule is CCC(C)NC(=O)c1cccc(S(=O)(=O)N(C)C2CCCCC2)c1. The average molecular weight is 353 g/mol. The molecule has 0 heterocycles. The molecule has 5 nitrogen and oxygen atoms in total. The predicted molar refractivity (Wildman–Crippen MR) is 95.5 cm³/mol. The minimum atomic E-state index is -3.58. The highest BCUT2D eigenvalue weighted by atomic mass is 32.2. The standard InChI is InChI=1S/C18H28N2O3S/c1-4-14(2)19-18(21)15-9-8-12-17(13-15)24(22,23)20(3)16-10-6-5-7-11-16/h8-9,12-14,16H,4-7,10-11H2,1-3H3,(H,19,21). The fourth-order valence-electron chi connectivity index (χ4n) is 3.01. The zero-order valence-corrected chi connectivity index (χ0v) is 15.6. The Kier molecular flexibility index (Phi) is 6.40. The van der Waals surface area contributed by atoms with Gasteiger partial charge in [-0.25, -0.2) is 8.42 Å². The van der Waals surface area contributed by atoms with Crippen LogP contribution in [-0.2, 0) is 10.0 Å². The van der Waals surface area contributed by atoms with Crippen molar-refractivity contribution in [2.45, 2.75) is 69.4 Å². The lowest BCUT2D eigenvalue weighted by Gasteiger charge is -2.30. The molecule has 2 rings (SSSR count). The van der Waals surface area contributed by atoms with E-state index in [0.29, 0.717) is 5.56 Å². The molecule has 1 N–H and O–H groups in total. The predicted octanol–water partition coefficient (Wildman–Crippen LogP) is 3.17. The molecule has 0 aromatic heterocycles. The van der Waals surface area contributed by atoms with Crippen LogP contribution in [0.15, 0.2) is 29.2 Å². The van der Waals surface area contributed by atoms with Crippen molar-refractivity contribution in [3.05, 3.63) is 29.8 Å². The van der Waals surface area contributed by atoms with Crippen LogP contribution < -0.4 is 5.32 Å². The van der Waals surface area contributed by atoms with E-state index in [9.17, 15) is 13.2 Å². The molecule has 0 saturated heterocycles. The highest BCUT2D eigenvalue weighted by Gasteiger charge is 2.29. The van der Waals surface area contributed by atoms with Crippen LogP contribution in [0.25, 0.3) is 0 Å². The van der Waals surface area contributed by atoms with E-state index in [-0.39, 0.29) is 22.9 Å². The smallest absolute Gasteiger partial charge is 0.251 e. The van der Waals surface area contributed by atoms with E-state index in [2.05, 4.69) is 5.32 Å². The first-order chi connectivity index (χ1) is 11.4. The van der Waals surface area contributed by atoms with Gasteiger partial charge in [-0.3, -0.25) is 4.79 Å². The number of rotatable bonds is 6. The molecule has 134 valence electrons. The van der Waals surface area contributed by atoms with Crippen molar-refractivity contribution >= 4 is 15.9 Å². The number of hydrogen-bond acceptors (Lipinski definition) is 3. The van der Waals surface area contributed by atoms with Gasteiger partial charge in [-0.05, 0) is 44.4 Å². The Morgan fingerprint density at radius 2 is 1.96 bits per heavy atom. The lowest BCUT2D eigenvalue weighted by molar-refractivity contribution is 0.0939. The summed E-state index contributed by atoms with van der Waals surface area (Å²) >= 11 is 0. The number of nitrogens with zero attached hydrogens (tertiary/aromatic N) is 1.